The van der Waals surface area contributed by atoms with Crippen LogP contribution in [0.3, 0.4) is 0 Å². The lowest BCUT2D eigenvalue weighted by Crippen LogP contribution is -2.03. The van der Waals surface area contributed by atoms with Crippen LogP contribution in [0.25, 0.3) is 21.8 Å². The van der Waals surface area contributed by atoms with Crippen LogP contribution in [-0.4, -0.2) is 4.98 Å². The van der Waals surface area contributed by atoms with Crippen molar-refractivity contribution in [1.29, 1.82) is 0 Å². The molecule has 0 saturated heterocycles. The van der Waals surface area contributed by atoms with Gasteiger partial charge in [-0.05, 0) is 24.3 Å². The second kappa shape index (κ2) is 5.74. The Morgan fingerprint density at radius 1 is 0.864 bits per heavy atom. The summed E-state index contributed by atoms with van der Waals surface area (Å²) in [5.41, 5.74) is 1.57. The average Bonchev–Trinajstić information content (AvgIpc) is 2.97. The SMILES string of the molecule is FC(F)(F)c1ccc(-c2csc(-c3ccc(Cl)cc3)n2)cc1. The van der Waals surface area contributed by atoms with E-state index in [1.807, 2.05) is 17.5 Å². The maximum atomic E-state index is 12.6. The van der Waals surface area contributed by atoms with Crippen LogP contribution in [0.1, 0.15) is 5.56 Å². The molecule has 3 aromatic rings. The summed E-state index contributed by atoms with van der Waals surface area (Å²) in [6.07, 6.45) is -4.32. The van der Waals surface area contributed by atoms with Gasteiger partial charge < -0.3 is 0 Å². The first-order valence-electron chi connectivity index (χ1n) is 6.32. The van der Waals surface area contributed by atoms with Gasteiger partial charge in [-0.25, -0.2) is 4.98 Å². The fourth-order valence-electron chi connectivity index (χ4n) is 1.96. The van der Waals surface area contributed by atoms with E-state index in [-0.39, 0.29) is 0 Å². The van der Waals surface area contributed by atoms with Gasteiger partial charge >= 0.3 is 6.18 Å². The number of aromatic nitrogens is 1. The molecule has 0 saturated carbocycles. The van der Waals surface area contributed by atoms with E-state index in [1.165, 1.54) is 23.5 Å². The van der Waals surface area contributed by atoms with Crippen molar-refractivity contribution in [2.45, 2.75) is 6.18 Å². The predicted octanol–water partition coefficient (Wildman–Crippen LogP) is 6.15. The molecule has 1 aromatic heterocycles. The fraction of sp³-hybridized carbons (Fsp3) is 0.0625. The smallest absolute Gasteiger partial charge is 0.236 e. The van der Waals surface area contributed by atoms with Crippen LogP contribution in [0.15, 0.2) is 53.9 Å². The van der Waals surface area contributed by atoms with Crippen molar-refractivity contribution in [2.75, 3.05) is 0 Å². The molecule has 0 aliphatic carbocycles. The number of benzene rings is 2. The summed E-state index contributed by atoms with van der Waals surface area (Å²) in [6.45, 7) is 0. The second-order valence-corrected chi connectivity index (χ2v) is 5.91. The van der Waals surface area contributed by atoms with Crippen LogP contribution in [-0.2, 0) is 6.18 Å². The Bertz CT molecular complexity index is 776. The molecule has 0 fully saturated rings. The van der Waals surface area contributed by atoms with Crippen LogP contribution >= 0.6 is 22.9 Å². The second-order valence-electron chi connectivity index (χ2n) is 4.62. The van der Waals surface area contributed by atoms with Crippen molar-refractivity contribution in [3.05, 3.63) is 64.5 Å². The molecule has 0 atom stereocenters. The minimum Gasteiger partial charge on any atom is -0.236 e. The molecule has 0 aliphatic heterocycles. The lowest BCUT2D eigenvalue weighted by atomic mass is 10.1. The summed E-state index contributed by atoms with van der Waals surface area (Å²) in [4.78, 5) is 4.47. The summed E-state index contributed by atoms with van der Waals surface area (Å²) in [7, 11) is 0. The lowest BCUT2D eigenvalue weighted by molar-refractivity contribution is -0.137. The standard InChI is InChI=1S/C16H9ClF3NS/c17-13-7-3-11(4-8-13)15-21-14(9-22-15)10-1-5-12(6-2-10)16(18,19)20/h1-9H. The molecule has 112 valence electrons. The summed E-state index contributed by atoms with van der Waals surface area (Å²) < 4.78 is 37.7. The minimum absolute atomic E-state index is 0.642. The number of hydrogen-bond acceptors (Lipinski definition) is 2. The van der Waals surface area contributed by atoms with Crippen molar-refractivity contribution in [1.82, 2.24) is 4.98 Å². The Hall–Kier alpha value is -1.85. The number of nitrogens with zero attached hydrogens (tertiary/aromatic N) is 1. The number of rotatable bonds is 2. The largest absolute Gasteiger partial charge is 0.416 e. The number of thiazole rings is 1. The highest BCUT2D eigenvalue weighted by molar-refractivity contribution is 7.13. The fourth-order valence-corrected chi connectivity index (χ4v) is 2.92. The van der Waals surface area contributed by atoms with Gasteiger partial charge in [0.05, 0.1) is 11.3 Å². The lowest BCUT2D eigenvalue weighted by Gasteiger charge is -2.06. The number of halogens is 4. The van der Waals surface area contributed by atoms with Crippen LogP contribution < -0.4 is 0 Å². The van der Waals surface area contributed by atoms with Gasteiger partial charge in [0.15, 0.2) is 0 Å². The van der Waals surface area contributed by atoms with Crippen LogP contribution in [0.2, 0.25) is 5.02 Å². The van der Waals surface area contributed by atoms with Crippen LogP contribution in [0.5, 0.6) is 0 Å². The molecule has 2 aromatic carbocycles. The quantitative estimate of drug-likeness (QED) is 0.545. The van der Waals surface area contributed by atoms with E-state index >= 15 is 0 Å². The highest BCUT2D eigenvalue weighted by Crippen LogP contribution is 2.33. The highest BCUT2D eigenvalue weighted by Gasteiger charge is 2.30. The first kappa shape index (κ1) is 15.1. The molecule has 6 heteroatoms. The van der Waals surface area contributed by atoms with E-state index in [0.717, 1.165) is 22.7 Å². The molecule has 0 aliphatic rings. The van der Waals surface area contributed by atoms with Gasteiger partial charge in [0.2, 0.25) is 0 Å². The van der Waals surface area contributed by atoms with Gasteiger partial charge in [-0.3, -0.25) is 0 Å². The Labute approximate surface area is 134 Å². The molecule has 0 unspecified atom stereocenters. The normalized spacial score (nSPS) is 11.6. The molecule has 1 heterocycles. The Kier molecular flexibility index (Phi) is 3.93. The molecule has 0 spiro atoms. The van der Waals surface area contributed by atoms with Crippen molar-refractivity contribution < 1.29 is 13.2 Å². The van der Waals surface area contributed by atoms with Gasteiger partial charge in [0.1, 0.15) is 5.01 Å². The summed E-state index contributed by atoms with van der Waals surface area (Å²) in [5.74, 6) is 0. The summed E-state index contributed by atoms with van der Waals surface area (Å²) in [6, 6.07) is 12.3. The van der Waals surface area contributed by atoms with E-state index in [9.17, 15) is 13.2 Å². The van der Waals surface area contributed by atoms with E-state index in [1.54, 1.807) is 12.1 Å². The van der Waals surface area contributed by atoms with E-state index in [0.29, 0.717) is 16.3 Å². The van der Waals surface area contributed by atoms with Crippen molar-refractivity contribution in [3.8, 4) is 21.8 Å². The molecule has 0 bridgehead atoms. The zero-order chi connectivity index (χ0) is 15.7. The maximum absolute atomic E-state index is 12.6. The van der Waals surface area contributed by atoms with Gasteiger partial charge in [-0.15, -0.1) is 11.3 Å². The zero-order valence-corrected chi connectivity index (χ0v) is 12.6. The molecule has 1 nitrogen and oxygen atoms in total. The predicted molar refractivity (Wildman–Crippen MR) is 83.0 cm³/mol. The van der Waals surface area contributed by atoms with E-state index in [2.05, 4.69) is 4.98 Å². The monoisotopic (exact) mass is 339 g/mol. The van der Waals surface area contributed by atoms with Gasteiger partial charge in [0, 0.05) is 21.5 Å². The van der Waals surface area contributed by atoms with Crippen LogP contribution in [0, 0.1) is 0 Å². The molecule has 22 heavy (non-hydrogen) atoms. The molecule has 0 radical (unpaired) electrons. The molecule has 0 N–H and O–H groups in total. The Balaban J connectivity index is 1.89. The first-order valence-corrected chi connectivity index (χ1v) is 7.58. The highest BCUT2D eigenvalue weighted by atomic mass is 35.5. The number of hydrogen-bond donors (Lipinski definition) is 0. The third kappa shape index (κ3) is 3.15. The van der Waals surface area contributed by atoms with Crippen molar-refractivity contribution in [3.63, 3.8) is 0 Å². The molecular weight excluding hydrogens is 331 g/mol. The Morgan fingerprint density at radius 2 is 1.45 bits per heavy atom. The minimum atomic E-state index is -4.32. The van der Waals surface area contributed by atoms with Crippen LogP contribution in [0.4, 0.5) is 13.2 Å². The molecular formula is C16H9ClF3NS. The van der Waals surface area contributed by atoms with Gasteiger partial charge in [-0.2, -0.15) is 13.2 Å². The van der Waals surface area contributed by atoms with Gasteiger partial charge in [0.25, 0.3) is 0 Å². The number of alkyl halides is 3. The third-order valence-electron chi connectivity index (χ3n) is 3.10. The summed E-state index contributed by atoms with van der Waals surface area (Å²) in [5, 5.41) is 3.27. The van der Waals surface area contributed by atoms with Crippen molar-refractivity contribution in [2.24, 2.45) is 0 Å². The topological polar surface area (TPSA) is 12.9 Å². The molecule has 0 amide bonds. The average molecular weight is 340 g/mol. The summed E-state index contributed by atoms with van der Waals surface area (Å²) >= 11 is 7.28. The van der Waals surface area contributed by atoms with Gasteiger partial charge in [-0.1, -0.05) is 35.9 Å². The van der Waals surface area contributed by atoms with E-state index < -0.39 is 11.7 Å². The maximum Gasteiger partial charge on any atom is 0.416 e. The third-order valence-corrected chi connectivity index (χ3v) is 4.25. The van der Waals surface area contributed by atoms with Crippen molar-refractivity contribution >= 4 is 22.9 Å². The Morgan fingerprint density at radius 3 is 2.05 bits per heavy atom. The molecule has 3 rings (SSSR count). The first-order chi connectivity index (χ1) is 10.4. The zero-order valence-electron chi connectivity index (χ0n) is 11.1. The van der Waals surface area contributed by atoms with E-state index in [4.69, 9.17) is 11.6 Å².